The van der Waals surface area contributed by atoms with Crippen LogP contribution in [0.25, 0.3) is 0 Å². The minimum absolute atomic E-state index is 0.394. The van der Waals surface area contributed by atoms with E-state index >= 15 is 0 Å². The summed E-state index contributed by atoms with van der Waals surface area (Å²) >= 11 is 3.62. The Morgan fingerprint density at radius 1 is 1.37 bits per heavy atom. The van der Waals surface area contributed by atoms with Crippen LogP contribution in [0.4, 0.5) is 0 Å². The van der Waals surface area contributed by atoms with Crippen molar-refractivity contribution < 1.29 is 4.74 Å². The summed E-state index contributed by atoms with van der Waals surface area (Å²) in [5.74, 6) is 1.84. The van der Waals surface area contributed by atoms with Gasteiger partial charge in [-0.1, -0.05) is 25.8 Å². The number of ether oxygens (including phenoxy) is 1. The van der Waals surface area contributed by atoms with Gasteiger partial charge in [-0.15, -0.1) is 0 Å². The van der Waals surface area contributed by atoms with Crippen LogP contribution in [-0.2, 0) is 6.54 Å². The van der Waals surface area contributed by atoms with Crippen LogP contribution in [0, 0.1) is 5.92 Å². The summed E-state index contributed by atoms with van der Waals surface area (Å²) in [6, 6.07) is 6.37. The number of hydrogen-bond donors (Lipinski definition) is 1. The smallest absolute Gasteiger partial charge is 0.133 e. The van der Waals surface area contributed by atoms with E-state index in [9.17, 15) is 0 Å². The van der Waals surface area contributed by atoms with Crippen LogP contribution in [0.2, 0.25) is 0 Å². The highest BCUT2D eigenvalue weighted by molar-refractivity contribution is 9.10. The van der Waals surface area contributed by atoms with Crippen LogP contribution in [0.5, 0.6) is 5.75 Å². The Labute approximate surface area is 125 Å². The topological polar surface area (TPSA) is 21.3 Å². The van der Waals surface area contributed by atoms with Gasteiger partial charge in [-0.2, -0.15) is 0 Å². The average Bonchev–Trinajstić information content (AvgIpc) is 2.42. The van der Waals surface area contributed by atoms with Gasteiger partial charge in [-0.05, 0) is 65.9 Å². The first kappa shape index (κ1) is 14.9. The van der Waals surface area contributed by atoms with E-state index < -0.39 is 0 Å². The third-order valence-electron chi connectivity index (χ3n) is 3.98. The van der Waals surface area contributed by atoms with Crippen molar-refractivity contribution in [2.24, 2.45) is 5.92 Å². The number of nitrogens with one attached hydrogen (secondary N) is 1. The van der Waals surface area contributed by atoms with E-state index in [0.717, 1.165) is 22.7 Å². The lowest BCUT2D eigenvalue weighted by Gasteiger charge is -2.29. The Balaban J connectivity index is 1.98. The summed E-state index contributed by atoms with van der Waals surface area (Å²) in [5, 5.41) is 3.16. The minimum Gasteiger partial charge on any atom is -0.489 e. The second kappa shape index (κ2) is 7.30. The zero-order valence-electron chi connectivity index (χ0n) is 11.9. The number of benzene rings is 1. The summed E-state index contributed by atoms with van der Waals surface area (Å²) in [4.78, 5) is 0. The van der Waals surface area contributed by atoms with Gasteiger partial charge in [0.15, 0.2) is 0 Å². The first-order valence-electron chi connectivity index (χ1n) is 7.32. The molecule has 2 nitrogen and oxygen atoms in total. The van der Waals surface area contributed by atoms with Crippen LogP contribution in [0.1, 0.15) is 44.6 Å². The zero-order valence-corrected chi connectivity index (χ0v) is 13.5. The lowest BCUT2D eigenvalue weighted by molar-refractivity contribution is 0.121. The van der Waals surface area contributed by atoms with E-state index in [2.05, 4.69) is 46.4 Å². The molecule has 1 aromatic rings. The molecule has 0 heterocycles. The fraction of sp³-hybridized carbons (Fsp3) is 0.625. The molecular formula is C16H24BrNO. The first-order valence-corrected chi connectivity index (χ1v) is 8.12. The monoisotopic (exact) mass is 325 g/mol. The molecule has 1 fully saturated rings. The van der Waals surface area contributed by atoms with E-state index in [-0.39, 0.29) is 0 Å². The fourth-order valence-corrected chi connectivity index (χ4v) is 3.37. The lowest BCUT2D eigenvalue weighted by atomic mass is 9.85. The van der Waals surface area contributed by atoms with Gasteiger partial charge >= 0.3 is 0 Å². The maximum atomic E-state index is 6.18. The molecule has 1 aromatic carbocycles. The summed E-state index contributed by atoms with van der Waals surface area (Å²) in [6.07, 6.45) is 6.76. The quantitative estimate of drug-likeness (QED) is 0.859. The Hall–Kier alpha value is -0.540. The molecule has 1 aliphatic carbocycles. The van der Waals surface area contributed by atoms with Crippen molar-refractivity contribution in [3.05, 3.63) is 28.2 Å². The maximum Gasteiger partial charge on any atom is 0.133 e. The Morgan fingerprint density at radius 2 is 2.21 bits per heavy atom. The van der Waals surface area contributed by atoms with E-state index in [1.165, 1.54) is 37.7 Å². The Kier molecular flexibility index (Phi) is 5.71. The second-order valence-corrected chi connectivity index (χ2v) is 6.33. The molecule has 106 valence electrons. The van der Waals surface area contributed by atoms with Crippen LogP contribution in [0.15, 0.2) is 22.7 Å². The molecule has 3 heteroatoms. The van der Waals surface area contributed by atoms with Gasteiger partial charge in [0, 0.05) is 6.54 Å². The van der Waals surface area contributed by atoms with Crippen molar-refractivity contribution in [1.82, 2.24) is 5.32 Å². The summed E-state index contributed by atoms with van der Waals surface area (Å²) < 4.78 is 7.25. The highest BCUT2D eigenvalue weighted by atomic mass is 79.9. The van der Waals surface area contributed by atoms with Crippen LogP contribution >= 0.6 is 15.9 Å². The molecule has 2 unspecified atom stereocenters. The average molecular weight is 326 g/mol. The summed E-state index contributed by atoms with van der Waals surface area (Å²) in [7, 11) is 1.96. The molecule has 0 amide bonds. The Bertz CT molecular complexity index is 408. The highest BCUT2D eigenvalue weighted by Gasteiger charge is 2.22. The van der Waals surface area contributed by atoms with Gasteiger partial charge in [0.25, 0.3) is 0 Å². The standard InChI is InChI=1S/C16H24BrNO/c1-3-12-5-4-6-14(9-12)19-16-8-7-13(11-18-2)10-15(16)17/h7-8,10,12,14,18H,3-6,9,11H2,1-2H3. The van der Waals surface area contributed by atoms with Gasteiger partial charge in [0.05, 0.1) is 10.6 Å². The summed E-state index contributed by atoms with van der Waals surface area (Å²) in [6.45, 7) is 3.18. The van der Waals surface area contributed by atoms with E-state index in [1.807, 2.05) is 7.05 Å². The third-order valence-corrected chi connectivity index (χ3v) is 4.60. The first-order chi connectivity index (χ1) is 9.22. The molecule has 0 saturated heterocycles. The minimum atomic E-state index is 0.394. The largest absolute Gasteiger partial charge is 0.489 e. The van der Waals surface area contributed by atoms with E-state index in [1.54, 1.807) is 0 Å². The second-order valence-electron chi connectivity index (χ2n) is 5.48. The van der Waals surface area contributed by atoms with Gasteiger partial charge in [0.1, 0.15) is 5.75 Å². The molecule has 1 saturated carbocycles. The molecule has 0 spiro atoms. The summed E-state index contributed by atoms with van der Waals surface area (Å²) in [5.41, 5.74) is 1.27. The molecule has 1 N–H and O–H groups in total. The van der Waals surface area contributed by atoms with Crippen LogP contribution in [-0.4, -0.2) is 13.2 Å². The molecule has 2 atom stereocenters. The van der Waals surface area contributed by atoms with Crippen molar-refractivity contribution in [1.29, 1.82) is 0 Å². The predicted molar refractivity (Wildman–Crippen MR) is 83.6 cm³/mol. The molecular weight excluding hydrogens is 302 g/mol. The van der Waals surface area contributed by atoms with Gasteiger partial charge < -0.3 is 10.1 Å². The number of halogens is 1. The lowest BCUT2D eigenvalue weighted by Crippen LogP contribution is -2.25. The van der Waals surface area contributed by atoms with Crippen molar-refractivity contribution in [3.63, 3.8) is 0 Å². The molecule has 0 radical (unpaired) electrons. The normalized spacial score (nSPS) is 23.3. The fourth-order valence-electron chi connectivity index (χ4n) is 2.85. The van der Waals surface area contributed by atoms with Crippen molar-refractivity contribution >= 4 is 15.9 Å². The third kappa shape index (κ3) is 4.22. The molecule has 0 bridgehead atoms. The number of hydrogen-bond acceptors (Lipinski definition) is 2. The predicted octanol–water partition coefficient (Wildman–Crippen LogP) is 4.52. The SMILES string of the molecule is CCC1CCCC(Oc2ccc(CNC)cc2Br)C1. The molecule has 2 rings (SSSR count). The van der Waals surface area contributed by atoms with Crippen molar-refractivity contribution in [2.75, 3.05) is 7.05 Å². The molecule has 0 aromatic heterocycles. The highest BCUT2D eigenvalue weighted by Crippen LogP contribution is 2.33. The van der Waals surface area contributed by atoms with Gasteiger partial charge in [-0.25, -0.2) is 0 Å². The molecule has 0 aliphatic heterocycles. The maximum absolute atomic E-state index is 6.18. The van der Waals surface area contributed by atoms with Gasteiger partial charge in [-0.3, -0.25) is 0 Å². The van der Waals surface area contributed by atoms with Crippen molar-refractivity contribution in [2.45, 2.75) is 51.7 Å². The Morgan fingerprint density at radius 3 is 2.89 bits per heavy atom. The number of rotatable bonds is 5. The van der Waals surface area contributed by atoms with Gasteiger partial charge in [0.2, 0.25) is 0 Å². The molecule has 1 aliphatic rings. The zero-order chi connectivity index (χ0) is 13.7. The van der Waals surface area contributed by atoms with Crippen LogP contribution < -0.4 is 10.1 Å². The van der Waals surface area contributed by atoms with E-state index in [4.69, 9.17) is 4.74 Å². The van der Waals surface area contributed by atoms with Crippen molar-refractivity contribution in [3.8, 4) is 5.75 Å². The van der Waals surface area contributed by atoms with Crippen LogP contribution in [0.3, 0.4) is 0 Å². The van der Waals surface area contributed by atoms with E-state index in [0.29, 0.717) is 6.10 Å². The molecule has 19 heavy (non-hydrogen) atoms.